The third kappa shape index (κ3) is 30.4. The molecule has 0 aliphatic carbocycles. The number of likely N-dealkylation sites (tertiary alicyclic amines) is 1. The van der Waals surface area contributed by atoms with Gasteiger partial charge in [-0.25, -0.2) is 14.4 Å². The van der Waals surface area contributed by atoms with Crippen LogP contribution in [0.5, 0.6) is 0 Å². The highest BCUT2D eigenvalue weighted by Crippen LogP contribution is 2.24. The van der Waals surface area contributed by atoms with Crippen LogP contribution in [0.25, 0.3) is 10.8 Å². The van der Waals surface area contributed by atoms with E-state index in [2.05, 4.69) is 74.1 Å². The standard InChI is InChI=1S/C85H110ClN19O18/c1-48(2)38-62(74(112)94-61(15-8-9-32-90-49(3)4)82(120)105-33-11-16-70(105)81(119)91-50(5)72(87)110)95-75(113)64(41-53-22-29-60(30-23-53)93-85(123)104(34-36-106)35-37-107)96-77(115)65(42-52-20-27-59(28-21-52)92-73(111)68-45-71(109)103-84(122)102-68)99-80(118)69(47-108)100-78(116)66(44-55-12-10-31-89-46-55)98-76(114)63(40-51-18-25-58(86)26-19-51)97-79(117)67(101-83(88)121)43-54-17-24-56-13-6-7-14-57(56)39-54/h6-7,10,12-14,17-31,39,46,48-50,61-70,90,106-108H,8-9,11,15-16,32-38,40-45,47H2,1-5H3,(H2,87,110)(H,91,119)(H,92,111)(H,93,123)(H,94,112)(H,95,113)(H,96,115)(H,97,117)(H,98,114)(H,99,118)(H,100,116)(H3,88,101,121)(H2,102,103,109,122)/t50-,61+,62+,63-,64-,65+,66-,67-,68?,69+,70+/m1/s1. The van der Waals surface area contributed by atoms with Gasteiger partial charge in [-0.05, 0) is 139 Å². The zero-order valence-corrected chi connectivity index (χ0v) is 69.8. The smallest absolute Gasteiger partial charge is 0.322 e. The summed E-state index contributed by atoms with van der Waals surface area (Å²) in [7, 11) is 0. The number of primary amides is 2. The molecule has 11 atom stereocenters. The molecule has 2 aliphatic heterocycles. The summed E-state index contributed by atoms with van der Waals surface area (Å²) < 4.78 is 0. The molecule has 37 nitrogen and oxygen atoms in total. The van der Waals surface area contributed by atoms with Crippen LogP contribution in [0.2, 0.25) is 5.02 Å². The topological polar surface area (TPSA) is 557 Å². The molecular formula is C85H110ClN19O18. The average Bonchev–Trinajstić information content (AvgIpc) is 1.72. The lowest BCUT2D eigenvalue weighted by Crippen LogP contribution is -2.62. The van der Waals surface area contributed by atoms with Crippen molar-refractivity contribution in [1.29, 1.82) is 0 Å². The second kappa shape index (κ2) is 47.5. The SMILES string of the molecule is CC(C)C[C@H](NC(=O)[C@@H](Cc1ccc(NC(=O)N(CCO)CCO)cc1)NC(=O)[C@H](Cc1ccc(NC(=O)C2CC(=O)NC(=O)N2)cc1)NC(=O)[C@H](CO)NC(=O)[C@@H](Cc1cccnc1)NC(=O)[C@@H](Cc1ccc(Cl)cc1)NC(=O)[C@@H](Cc1ccc2ccccc2c1)NC(N)=O)C(=O)N[C@@H](CCCCNC(C)C)C(=O)N1CCC[C@H]1C(=O)N[C@H](C)C(N)=O. The molecule has 6 aromatic rings. The number of pyridine rings is 1. The van der Waals surface area contributed by atoms with E-state index >= 15 is 28.8 Å². The Balaban J connectivity index is 1.12. The highest BCUT2D eigenvalue weighted by molar-refractivity contribution is 6.30. The van der Waals surface area contributed by atoms with E-state index in [1.807, 2.05) is 55.6 Å². The lowest BCUT2D eigenvalue weighted by Gasteiger charge is -2.31. The number of urea groups is 3. The molecule has 0 bridgehead atoms. The molecule has 18 amide bonds. The van der Waals surface area contributed by atoms with Crippen LogP contribution < -0.4 is 85.9 Å². The number of nitrogens with one attached hydrogen (secondary N) is 14. The Morgan fingerprint density at radius 3 is 1.54 bits per heavy atom. The summed E-state index contributed by atoms with van der Waals surface area (Å²) in [5.74, 6) is -10.8. The highest BCUT2D eigenvalue weighted by Gasteiger charge is 2.41. The maximum absolute atomic E-state index is 15.6. The number of carbonyl (C=O) groups excluding carboxylic acids is 15. The number of hydrogen-bond donors (Lipinski definition) is 19. The van der Waals surface area contributed by atoms with Gasteiger partial charge in [0.2, 0.25) is 70.9 Å². The minimum absolute atomic E-state index is 0.0552. The molecule has 660 valence electrons. The number of benzene rings is 5. The summed E-state index contributed by atoms with van der Waals surface area (Å²) in [5, 5.41) is 69.5. The Bertz CT molecular complexity index is 4660. The Kier molecular flexibility index (Phi) is 37.0. The van der Waals surface area contributed by atoms with Gasteiger partial charge < -0.3 is 106 Å². The van der Waals surface area contributed by atoms with Crippen LogP contribution >= 0.6 is 11.6 Å². The van der Waals surface area contributed by atoms with E-state index in [0.29, 0.717) is 53.1 Å². The van der Waals surface area contributed by atoms with Gasteiger partial charge in [0.15, 0.2) is 0 Å². The number of aliphatic hydroxyl groups is 3. The zero-order valence-electron chi connectivity index (χ0n) is 69.1. The third-order valence-corrected chi connectivity index (χ3v) is 20.7. The number of fused-ring (bicyclic) bond motifs is 1. The first-order valence-electron chi connectivity index (χ1n) is 40.7. The molecule has 3 heterocycles. The number of anilines is 2. The number of aliphatic hydroxyl groups excluding tert-OH is 3. The molecule has 0 saturated carbocycles. The summed E-state index contributed by atoms with van der Waals surface area (Å²) >= 11 is 6.27. The summed E-state index contributed by atoms with van der Waals surface area (Å²) in [6.45, 7) is 7.33. The number of rotatable bonds is 45. The van der Waals surface area contributed by atoms with E-state index in [9.17, 15) is 58.5 Å². The van der Waals surface area contributed by atoms with Gasteiger partial charge >= 0.3 is 18.1 Å². The fraction of sp³-hybridized carbons (Fsp3) is 0.435. The van der Waals surface area contributed by atoms with Crippen molar-refractivity contribution in [2.75, 3.05) is 56.6 Å². The molecule has 8 rings (SSSR count). The molecule has 5 aromatic carbocycles. The van der Waals surface area contributed by atoms with E-state index in [1.165, 1.54) is 77.6 Å². The van der Waals surface area contributed by atoms with Crippen LogP contribution in [0.4, 0.5) is 25.8 Å². The molecule has 2 saturated heterocycles. The zero-order chi connectivity index (χ0) is 89.4. The number of unbranched alkanes of at least 4 members (excludes halogenated alkanes) is 1. The number of amides is 18. The van der Waals surface area contributed by atoms with E-state index in [1.54, 1.807) is 56.3 Å². The number of nitrogens with zero attached hydrogens (tertiary/aromatic N) is 3. The Hall–Kier alpha value is -12.7. The highest BCUT2D eigenvalue weighted by atomic mass is 35.5. The lowest BCUT2D eigenvalue weighted by molar-refractivity contribution is -0.142. The lowest BCUT2D eigenvalue weighted by atomic mass is 9.99. The van der Waals surface area contributed by atoms with Crippen molar-refractivity contribution in [3.05, 3.63) is 173 Å². The molecular weight excluding hydrogens is 1610 g/mol. The second-order valence-corrected chi connectivity index (χ2v) is 31.4. The molecule has 123 heavy (non-hydrogen) atoms. The van der Waals surface area contributed by atoms with Gasteiger partial charge in [-0.1, -0.05) is 124 Å². The van der Waals surface area contributed by atoms with Crippen molar-refractivity contribution in [1.82, 2.24) is 78.6 Å². The van der Waals surface area contributed by atoms with E-state index in [0.717, 1.165) is 10.8 Å². The molecule has 21 N–H and O–H groups in total. The molecule has 0 spiro atoms. The van der Waals surface area contributed by atoms with Crippen molar-refractivity contribution in [3.63, 3.8) is 0 Å². The molecule has 1 unspecified atom stereocenters. The number of carbonyl (C=O) groups is 15. The molecule has 0 radical (unpaired) electrons. The van der Waals surface area contributed by atoms with Crippen molar-refractivity contribution in [2.24, 2.45) is 17.4 Å². The first kappa shape index (κ1) is 95.8. The number of aromatic nitrogens is 1. The van der Waals surface area contributed by atoms with E-state index in [-0.39, 0.29) is 99.9 Å². The molecule has 38 heteroatoms. The van der Waals surface area contributed by atoms with Gasteiger partial charge in [0.25, 0.3) is 0 Å². The Labute approximate surface area is 716 Å². The Morgan fingerprint density at radius 1 is 0.537 bits per heavy atom. The van der Waals surface area contributed by atoms with Gasteiger partial charge in [-0.3, -0.25) is 67.8 Å². The second-order valence-electron chi connectivity index (χ2n) is 30.9. The number of halogens is 1. The van der Waals surface area contributed by atoms with Crippen LogP contribution in [0.15, 0.2) is 140 Å². The van der Waals surface area contributed by atoms with Crippen LogP contribution in [-0.4, -0.2) is 238 Å². The van der Waals surface area contributed by atoms with Crippen LogP contribution in [-0.2, 0) is 89.6 Å². The van der Waals surface area contributed by atoms with E-state index in [4.69, 9.17) is 23.1 Å². The third-order valence-electron chi connectivity index (χ3n) is 20.4. The van der Waals surface area contributed by atoms with Crippen molar-refractivity contribution in [2.45, 2.75) is 184 Å². The normalized spacial score (nSPS) is 15.9. The minimum Gasteiger partial charge on any atom is -0.395 e. The fourth-order valence-electron chi connectivity index (χ4n) is 13.9. The predicted octanol–water partition coefficient (Wildman–Crippen LogP) is 0.375. The summed E-state index contributed by atoms with van der Waals surface area (Å²) in [6, 6.07) is 15.6. The first-order valence-corrected chi connectivity index (χ1v) is 41.1. The summed E-state index contributed by atoms with van der Waals surface area (Å²) in [5.41, 5.74) is 13.5. The largest absolute Gasteiger partial charge is 0.395 e. The molecule has 2 fully saturated rings. The maximum atomic E-state index is 15.6. The monoisotopic (exact) mass is 1720 g/mol. The summed E-state index contributed by atoms with van der Waals surface area (Å²) in [4.78, 5) is 217. The van der Waals surface area contributed by atoms with Crippen molar-refractivity contribution >= 4 is 123 Å². The molecule has 1 aromatic heterocycles. The quantitative estimate of drug-likeness (QED) is 0.0230. The first-order chi connectivity index (χ1) is 58.8. The maximum Gasteiger partial charge on any atom is 0.322 e. The van der Waals surface area contributed by atoms with Crippen LogP contribution in [0, 0.1) is 5.92 Å². The van der Waals surface area contributed by atoms with Crippen LogP contribution in [0.1, 0.15) is 107 Å². The van der Waals surface area contributed by atoms with Gasteiger partial charge in [0.1, 0.15) is 66.5 Å². The van der Waals surface area contributed by atoms with E-state index < -0.39 is 182 Å². The Morgan fingerprint density at radius 2 is 1.02 bits per heavy atom. The number of imide groups is 1. The fourth-order valence-corrected chi connectivity index (χ4v) is 14.0. The predicted molar refractivity (Wildman–Crippen MR) is 455 cm³/mol. The van der Waals surface area contributed by atoms with Gasteiger partial charge in [0.05, 0.1) is 26.2 Å². The van der Waals surface area contributed by atoms with Gasteiger partial charge in [-0.2, -0.15) is 0 Å². The number of nitrogens with two attached hydrogens (primary N) is 2. The van der Waals surface area contributed by atoms with Crippen molar-refractivity contribution < 1.29 is 87.2 Å². The molecule has 2 aliphatic rings. The van der Waals surface area contributed by atoms with Gasteiger partial charge in [0, 0.05) is 86.6 Å². The summed E-state index contributed by atoms with van der Waals surface area (Å²) in [6.07, 6.45) is 2.64. The minimum atomic E-state index is -1.96. The van der Waals surface area contributed by atoms with Crippen LogP contribution in [0.3, 0.4) is 0 Å². The average molecular weight is 1720 g/mol. The number of hydrogen-bond acceptors (Lipinski definition) is 20. The van der Waals surface area contributed by atoms with Crippen molar-refractivity contribution in [3.8, 4) is 0 Å². The van der Waals surface area contributed by atoms with Gasteiger partial charge in [-0.15, -0.1) is 0 Å².